The molecule has 1 fully saturated rings. The molecule has 0 saturated carbocycles. The van der Waals surface area contributed by atoms with Crippen LogP contribution >= 0.6 is 0 Å². The van der Waals surface area contributed by atoms with Crippen molar-refractivity contribution < 1.29 is 4.52 Å². The predicted molar refractivity (Wildman–Crippen MR) is 101 cm³/mol. The summed E-state index contributed by atoms with van der Waals surface area (Å²) in [6.07, 6.45) is 7.33. The van der Waals surface area contributed by atoms with E-state index in [1.54, 1.807) is 7.05 Å². The molecule has 0 spiro atoms. The van der Waals surface area contributed by atoms with Gasteiger partial charge in [-0.3, -0.25) is 4.99 Å². The van der Waals surface area contributed by atoms with Gasteiger partial charge in [-0.2, -0.15) is 4.98 Å². The van der Waals surface area contributed by atoms with Crippen molar-refractivity contribution in [3.05, 3.63) is 11.7 Å². The van der Waals surface area contributed by atoms with Gasteiger partial charge in [-0.1, -0.05) is 31.8 Å². The van der Waals surface area contributed by atoms with Crippen LogP contribution in [-0.2, 0) is 6.42 Å². The fourth-order valence-corrected chi connectivity index (χ4v) is 2.98. The van der Waals surface area contributed by atoms with Crippen molar-refractivity contribution in [1.82, 2.24) is 25.7 Å². The maximum absolute atomic E-state index is 5.25. The third-order valence-corrected chi connectivity index (χ3v) is 4.50. The van der Waals surface area contributed by atoms with E-state index in [1.807, 2.05) is 0 Å². The molecule has 0 radical (unpaired) electrons. The highest BCUT2D eigenvalue weighted by Gasteiger charge is 2.10. The highest BCUT2D eigenvalue weighted by molar-refractivity contribution is 5.79. The second-order valence-corrected chi connectivity index (χ2v) is 6.99. The molecule has 0 amide bonds. The van der Waals surface area contributed by atoms with Gasteiger partial charge in [0.2, 0.25) is 5.89 Å². The van der Waals surface area contributed by atoms with Gasteiger partial charge in [-0.15, -0.1) is 0 Å². The van der Waals surface area contributed by atoms with Crippen LogP contribution in [-0.4, -0.2) is 60.8 Å². The van der Waals surface area contributed by atoms with Crippen molar-refractivity contribution in [2.75, 3.05) is 39.8 Å². The average molecular weight is 351 g/mol. The Morgan fingerprint density at radius 1 is 1.16 bits per heavy atom. The van der Waals surface area contributed by atoms with Crippen LogP contribution in [0, 0.1) is 0 Å². The monoisotopic (exact) mass is 350 g/mol. The van der Waals surface area contributed by atoms with Crippen LogP contribution in [0.3, 0.4) is 0 Å². The summed E-state index contributed by atoms with van der Waals surface area (Å²) in [6.45, 7) is 9.48. The largest absolute Gasteiger partial charge is 0.356 e. The van der Waals surface area contributed by atoms with Crippen LogP contribution in [0.4, 0.5) is 0 Å². The van der Waals surface area contributed by atoms with Crippen molar-refractivity contribution in [2.45, 2.75) is 58.3 Å². The molecule has 1 aliphatic heterocycles. The Kier molecular flexibility index (Phi) is 8.72. The van der Waals surface area contributed by atoms with E-state index in [0.29, 0.717) is 18.2 Å². The van der Waals surface area contributed by atoms with Crippen molar-refractivity contribution in [3.63, 3.8) is 0 Å². The van der Waals surface area contributed by atoms with Crippen LogP contribution in [0.15, 0.2) is 9.52 Å². The Labute approximate surface area is 151 Å². The van der Waals surface area contributed by atoms with Crippen molar-refractivity contribution in [1.29, 1.82) is 0 Å². The molecular formula is C18H34N6O. The molecular weight excluding hydrogens is 316 g/mol. The van der Waals surface area contributed by atoms with E-state index in [2.05, 4.69) is 44.5 Å². The second-order valence-electron chi connectivity index (χ2n) is 6.99. The average Bonchev–Trinajstić information content (AvgIpc) is 2.93. The topological polar surface area (TPSA) is 78.6 Å². The molecule has 0 unspecified atom stereocenters. The number of likely N-dealkylation sites (tertiary alicyclic amines) is 1. The van der Waals surface area contributed by atoms with Crippen molar-refractivity contribution in [3.8, 4) is 0 Å². The van der Waals surface area contributed by atoms with Crippen molar-refractivity contribution in [2.24, 2.45) is 4.99 Å². The first-order valence-corrected chi connectivity index (χ1v) is 9.68. The molecule has 0 aliphatic carbocycles. The zero-order valence-corrected chi connectivity index (χ0v) is 16.1. The Morgan fingerprint density at radius 3 is 2.52 bits per heavy atom. The standard InChI is InChI=1S/C18H34N6O/c1-15(2)17-22-16(25-23-17)9-11-21-18(19-3)20-10-8-14-24-12-6-4-5-7-13-24/h15H,4-14H2,1-3H3,(H2,19,20,21). The van der Waals surface area contributed by atoms with Gasteiger partial charge in [0.1, 0.15) is 0 Å². The van der Waals surface area contributed by atoms with E-state index in [1.165, 1.54) is 45.3 Å². The van der Waals surface area contributed by atoms with Crippen LogP contribution < -0.4 is 10.6 Å². The minimum Gasteiger partial charge on any atom is -0.356 e. The van der Waals surface area contributed by atoms with Crippen LogP contribution in [0.25, 0.3) is 0 Å². The third-order valence-electron chi connectivity index (χ3n) is 4.50. The molecule has 25 heavy (non-hydrogen) atoms. The Morgan fingerprint density at radius 2 is 1.88 bits per heavy atom. The molecule has 1 saturated heterocycles. The lowest BCUT2D eigenvalue weighted by atomic mass is 10.2. The Hall–Kier alpha value is -1.63. The number of rotatable bonds is 8. The normalized spacial score (nSPS) is 16.9. The second kappa shape index (κ2) is 11.1. The molecule has 2 N–H and O–H groups in total. The summed E-state index contributed by atoms with van der Waals surface area (Å²) in [4.78, 5) is 11.2. The summed E-state index contributed by atoms with van der Waals surface area (Å²) in [6, 6.07) is 0. The summed E-state index contributed by atoms with van der Waals surface area (Å²) in [5, 5.41) is 10.7. The smallest absolute Gasteiger partial charge is 0.228 e. The van der Waals surface area contributed by atoms with Crippen LogP contribution in [0.5, 0.6) is 0 Å². The first kappa shape index (κ1) is 19.7. The molecule has 2 heterocycles. The highest BCUT2D eigenvalue weighted by Crippen LogP contribution is 2.10. The van der Waals surface area contributed by atoms with Crippen molar-refractivity contribution >= 4 is 5.96 Å². The summed E-state index contributed by atoms with van der Waals surface area (Å²) in [7, 11) is 1.80. The van der Waals surface area contributed by atoms with Gasteiger partial charge < -0.3 is 20.1 Å². The van der Waals surface area contributed by atoms with E-state index in [-0.39, 0.29) is 0 Å². The number of hydrogen-bond acceptors (Lipinski definition) is 5. The van der Waals surface area contributed by atoms with Gasteiger partial charge in [0.05, 0.1) is 0 Å². The molecule has 142 valence electrons. The quantitative estimate of drug-likeness (QED) is 0.425. The number of aliphatic imine (C=N–C) groups is 1. The number of aromatic nitrogens is 2. The first-order valence-electron chi connectivity index (χ1n) is 9.68. The lowest BCUT2D eigenvalue weighted by molar-refractivity contribution is 0.282. The zero-order chi connectivity index (χ0) is 17.9. The lowest BCUT2D eigenvalue weighted by Gasteiger charge is -2.20. The van der Waals surface area contributed by atoms with Crippen LogP contribution in [0.1, 0.15) is 63.6 Å². The van der Waals surface area contributed by atoms with E-state index >= 15 is 0 Å². The predicted octanol–water partition coefficient (Wildman–Crippen LogP) is 2.17. The van der Waals surface area contributed by atoms with E-state index < -0.39 is 0 Å². The first-order chi connectivity index (χ1) is 12.2. The van der Waals surface area contributed by atoms with Gasteiger partial charge in [0, 0.05) is 32.5 Å². The minimum atomic E-state index is 0.295. The number of hydrogen-bond donors (Lipinski definition) is 2. The third kappa shape index (κ3) is 7.42. The van der Waals surface area contributed by atoms with Crippen LogP contribution in [0.2, 0.25) is 0 Å². The van der Waals surface area contributed by atoms with E-state index in [0.717, 1.165) is 31.3 Å². The summed E-state index contributed by atoms with van der Waals surface area (Å²) in [5.41, 5.74) is 0. The number of nitrogens with zero attached hydrogens (tertiary/aromatic N) is 4. The van der Waals surface area contributed by atoms with Gasteiger partial charge in [-0.25, -0.2) is 0 Å². The highest BCUT2D eigenvalue weighted by atomic mass is 16.5. The summed E-state index contributed by atoms with van der Waals surface area (Å²) in [5.74, 6) is 2.57. The molecule has 0 atom stereocenters. The summed E-state index contributed by atoms with van der Waals surface area (Å²) < 4.78 is 5.25. The fraction of sp³-hybridized carbons (Fsp3) is 0.833. The number of guanidine groups is 1. The maximum Gasteiger partial charge on any atom is 0.228 e. The molecule has 7 heteroatoms. The molecule has 1 aliphatic rings. The lowest BCUT2D eigenvalue weighted by Crippen LogP contribution is -2.39. The van der Waals surface area contributed by atoms with Gasteiger partial charge in [-0.05, 0) is 38.9 Å². The molecule has 0 aromatic carbocycles. The molecule has 1 aromatic rings. The maximum atomic E-state index is 5.25. The molecule has 0 bridgehead atoms. The fourth-order valence-electron chi connectivity index (χ4n) is 2.98. The van der Waals surface area contributed by atoms with Gasteiger partial charge >= 0.3 is 0 Å². The Bertz CT molecular complexity index is 505. The summed E-state index contributed by atoms with van der Waals surface area (Å²) >= 11 is 0. The van der Waals surface area contributed by atoms with E-state index in [4.69, 9.17) is 4.52 Å². The molecule has 1 aromatic heterocycles. The minimum absolute atomic E-state index is 0.295. The zero-order valence-electron chi connectivity index (χ0n) is 16.1. The van der Waals surface area contributed by atoms with E-state index in [9.17, 15) is 0 Å². The van der Waals surface area contributed by atoms with Gasteiger partial charge in [0.25, 0.3) is 0 Å². The SMILES string of the molecule is CN=C(NCCCN1CCCCCC1)NCCc1nc(C(C)C)no1. The molecule has 2 rings (SSSR count). The Balaban J connectivity index is 1.58. The molecule has 7 nitrogen and oxygen atoms in total. The van der Waals surface area contributed by atoms with Gasteiger partial charge in [0.15, 0.2) is 11.8 Å². The number of nitrogens with one attached hydrogen (secondary N) is 2.